The molecular weight excluding hydrogens is 230 g/mol. The van der Waals surface area contributed by atoms with E-state index in [2.05, 4.69) is 38.3 Å². The van der Waals surface area contributed by atoms with Crippen molar-refractivity contribution in [3.63, 3.8) is 0 Å². The predicted octanol–water partition coefficient (Wildman–Crippen LogP) is 3.70. The van der Waals surface area contributed by atoms with Crippen LogP contribution in [0.4, 0.5) is 0 Å². The fourth-order valence-electron chi connectivity index (χ4n) is 1.90. The van der Waals surface area contributed by atoms with Gasteiger partial charge in [-0.15, -0.1) is 0 Å². The summed E-state index contributed by atoms with van der Waals surface area (Å²) in [5.41, 5.74) is 3.80. The molecule has 0 aromatic heterocycles. The highest BCUT2D eigenvalue weighted by Crippen LogP contribution is 2.25. The monoisotopic (exact) mass is 249 g/mol. The predicted molar refractivity (Wildman–Crippen MR) is 73.4 cm³/mol. The summed E-state index contributed by atoms with van der Waals surface area (Å²) in [6.07, 6.45) is 1.02. The lowest BCUT2D eigenvalue weighted by atomic mass is 9.96. The molecule has 2 nitrogen and oxygen atoms in total. The van der Waals surface area contributed by atoms with Crippen LogP contribution in [0.5, 0.6) is 5.75 Å². The Morgan fingerprint density at radius 3 is 2.65 bits per heavy atom. The Bertz CT molecular complexity index is 423. The molecule has 1 unspecified atom stereocenters. The zero-order chi connectivity index (χ0) is 12.8. The number of aryl methyl sites for hydroxylation is 2. The molecule has 1 aromatic rings. The van der Waals surface area contributed by atoms with Gasteiger partial charge < -0.3 is 4.74 Å². The summed E-state index contributed by atoms with van der Waals surface area (Å²) in [7, 11) is 1.70. The number of rotatable bonds is 5. The third-order valence-corrected chi connectivity index (χ3v) is 3.72. The van der Waals surface area contributed by atoms with Crippen LogP contribution >= 0.6 is 11.8 Å². The van der Waals surface area contributed by atoms with E-state index < -0.39 is 0 Å². The number of nitrogens with zero attached hydrogens (tertiary/aromatic N) is 1. The minimum atomic E-state index is 0.520. The Balaban J connectivity index is 2.78. The molecule has 92 valence electrons. The first kappa shape index (κ1) is 13.9. The molecule has 1 rings (SSSR count). The molecule has 0 heterocycles. The summed E-state index contributed by atoms with van der Waals surface area (Å²) in [5, 5.41) is 10.7. The first-order valence-corrected chi connectivity index (χ1v) is 6.72. The van der Waals surface area contributed by atoms with E-state index in [-0.39, 0.29) is 0 Å². The SMILES string of the molecule is COc1cc(C)c(CC(C)CSC#N)cc1C. The van der Waals surface area contributed by atoms with Gasteiger partial charge in [0, 0.05) is 5.75 Å². The third-order valence-electron chi connectivity index (χ3n) is 2.85. The van der Waals surface area contributed by atoms with Crippen molar-refractivity contribution in [3.8, 4) is 11.2 Å². The molecule has 0 N–H and O–H groups in total. The summed E-state index contributed by atoms with van der Waals surface area (Å²) in [4.78, 5) is 0. The van der Waals surface area contributed by atoms with E-state index in [1.807, 2.05) is 0 Å². The topological polar surface area (TPSA) is 33.0 Å². The second-order valence-corrected chi connectivity index (χ2v) is 5.26. The lowest BCUT2D eigenvalue weighted by Gasteiger charge is -2.14. The Morgan fingerprint density at radius 1 is 1.35 bits per heavy atom. The second-order valence-electron chi connectivity index (χ2n) is 4.46. The van der Waals surface area contributed by atoms with Crippen molar-refractivity contribution in [2.45, 2.75) is 27.2 Å². The molecule has 0 aliphatic carbocycles. The zero-order valence-electron chi connectivity index (χ0n) is 10.9. The van der Waals surface area contributed by atoms with E-state index in [1.54, 1.807) is 7.11 Å². The van der Waals surface area contributed by atoms with Gasteiger partial charge in [0.15, 0.2) is 0 Å². The van der Waals surface area contributed by atoms with Crippen molar-refractivity contribution in [3.05, 3.63) is 28.8 Å². The molecule has 1 atom stereocenters. The highest BCUT2D eigenvalue weighted by atomic mass is 32.2. The number of benzene rings is 1. The molecule has 0 saturated heterocycles. The van der Waals surface area contributed by atoms with E-state index in [4.69, 9.17) is 10.00 Å². The van der Waals surface area contributed by atoms with Gasteiger partial charge >= 0.3 is 0 Å². The fraction of sp³-hybridized carbons (Fsp3) is 0.500. The number of ether oxygens (including phenoxy) is 1. The maximum absolute atomic E-state index is 8.54. The summed E-state index contributed by atoms with van der Waals surface area (Å²) in [5.74, 6) is 2.36. The van der Waals surface area contributed by atoms with Gasteiger partial charge in [0.1, 0.15) is 11.2 Å². The normalized spacial score (nSPS) is 11.9. The first-order valence-electron chi connectivity index (χ1n) is 5.73. The van der Waals surface area contributed by atoms with Gasteiger partial charge in [-0.3, -0.25) is 0 Å². The van der Waals surface area contributed by atoms with Gasteiger partial charge in [-0.05, 0) is 60.7 Å². The number of thiocyanates is 1. The van der Waals surface area contributed by atoms with Crippen LogP contribution < -0.4 is 4.74 Å². The lowest BCUT2D eigenvalue weighted by molar-refractivity contribution is 0.411. The quantitative estimate of drug-likeness (QED) is 0.746. The van der Waals surface area contributed by atoms with Gasteiger partial charge in [-0.2, -0.15) is 5.26 Å². The van der Waals surface area contributed by atoms with Crippen LogP contribution in [-0.2, 0) is 6.42 Å². The number of hydrogen-bond acceptors (Lipinski definition) is 3. The van der Waals surface area contributed by atoms with Crippen LogP contribution in [0.25, 0.3) is 0 Å². The number of hydrogen-bond donors (Lipinski definition) is 0. The fourth-order valence-corrected chi connectivity index (χ4v) is 2.38. The van der Waals surface area contributed by atoms with Crippen molar-refractivity contribution >= 4 is 11.8 Å². The maximum atomic E-state index is 8.54. The second kappa shape index (κ2) is 6.56. The Kier molecular flexibility index (Phi) is 5.37. The molecule has 0 bridgehead atoms. The zero-order valence-corrected chi connectivity index (χ0v) is 11.7. The Hall–Kier alpha value is -1.14. The summed E-state index contributed by atoms with van der Waals surface area (Å²) < 4.78 is 5.30. The molecule has 1 aromatic carbocycles. The standard InChI is InChI=1S/C14H19NOS/c1-10(8-17-9-15)5-13-6-12(3)14(16-4)7-11(13)2/h6-7,10H,5,8H2,1-4H3. The van der Waals surface area contributed by atoms with E-state index in [0.29, 0.717) is 5.92 Å². The molecule has 0 aliphatic heterocycles. The summed E-state index contributed by atoms with van der Waals surface area (Å²) in [6.45, 7) is 6.36. The molecule has 0 saturated carbocycles. The van der Waals surface area contributed by atoms with Crippen LogP contribution in [0.2, 0.25) is 0 Å². The molecular formula is C14H19NOS. The van der Waals surface area contributed by atoms with Gasteiger partial charge in [0.2, 0.25) is 0 Å². The maximum Gasteiger partial charge on any atom is 0.133 e. The Morgan fingerprint density at radius 2 is 2.06 bits per heavy atom. The van der Waals surface area contributed by atoms with E-state index in [1.165, 1.54) is 28.5 Å². The van der Waals surface area contributed by atoms with Gasteiger partial charge in [0.05, 0.1) is 7.11 Å². The third kappa shape index (κ3) is 3.98. The molecule has 0 aliphatic rings. The summed E-state index contributed by atoms with van der Waals surface area (Å²) in [6, 6.07) is 4.29. The van der Waals surface area contributed by atoms with Gasteiger partial charge in [0.25, 0.3) is 0 Å². The van der Waals surface area contributed by atoms with Crippen molar-refractivity contribution in [1.29, 1.82) is 5.26 Å². The van der Waals surface area contributed by atoms with Crippen LogP contribution in [0.15, 0.2) is 12.1 Å². The average Bonchev–Trinajstić information content (AvgIpc) is 2.30. The number of nitriles is 1. The summed E-state index contributed by atoms with van der Waals surface area (Å²) >= 11 is 1.33. The molecule has 0 fully saturated rings. The molecule has 0 amide bonds. The average molecular weight is 249 g/mol. The van der Waals surface area contributed by atoms with Crippen molar-refractivity contribution in [1.82, 2.24) is 0 Å². The minimum Gasteiger partial charge on any atom is -0.496 e. The number of methoxy groups -OCH3 is 1. The number of thioether (sulfide) groups is 1. The van der Waals surface area contributed by atoms with E-state index in [0.717, 1.165) is 17.9 Å². The van der Waals surface area contributed by atoms with Crippen molar-refractivity contribution in [2.75, 3.05) is 12.9 Å². The van der Waals surface area contributed by atoms with Crippen molar-refractivity contribution < 1.29 is 4.74 Å². The van der Waals surface area contributed by atoms with Crippen molar-refractivity contribution in [2.24, 2.45) is 5.92 Å². The molecule has 17 heavy (non-hydrogen) atoms. The lowest BCUT2D eigenvalue weighted by Crippen LogP contribution is -2.04. The largest absolute Gasteiger partial charge is 0.496 e. The van der Waals surface area contributed by atoms with Crippen LogP contribution in [0.3, 0.4) is 0 Å². The minimum absolute atomic E-state index is 0.520. The van der Waals surface area contributed by atoms with Crippen LogP contribution in [0.1, 0.15) is 23.6 Å². The molecule has 0 spiro atoms. The van der Waals surface area contributed by atoms with E-state index >= 15 is 0 Å². The Labute approximate surface area is 108 Å². The molecule has 0 radical (unpaired) electrons. The van der Waals surface area contributed by atoms with Gasteiger partial charge in [-0.25, -0.2) is 0 Å². The van der Waals surface area contributed by atoms with Gasteiger partial charge in [-0.1, -0.05) is 13.0 Å². The first-order chi connectivity index (χ1) is 8.08. The van der Waals surface area contributed by atoms with E-state index in [9.17, 15) is 0 Å². The van der Waals surface area contributed by atoms with Crippen LogP contribution in [-0.4, -0.2) is 12.9 Å². The van der Waals surface area contributed by atoms with Crippen LogP contribution in [0, 0.1) is 30.4 Å². The molecule has 3 heteroatoms. The highest BCUT2D eigenvalue weighted by Gasteiger charge is 2.09. The highest BCUT2D eigenvalue weighted by molar-refractivity contribution is 8.03. The smallest absolute Gasteiger partial charge is 0.133 e.